The molecule has 2 unspecified atom stereocenters. The summed E-state index contributed by atoms with van der Waals surface area (Å²) in [6.07, 6.45) is -1.45. The van der Waals surface area contributed by atoms with Gasteiger partial charge in [0.05, 0.1) is 6.54 Å². The first-order valence-electron chi connectivity index (χ1n) is 9.31. The van der Waals surface area contributed by atoms with Crippen molar-refractivity contribution in [3.8, 4) is 0 Å². The Morgan fingerprint density at radius 3 is 2.56 bits per heavy atom. The predicted octanol–water partition coefficient (Wildman–Crippen LogP) is 1.42. The third-order valence-electron chi connectivity index (χ3n) is 4.46. The first kappa shape index (κ1) is 23.2. The van der Waals surface area contributed by atoms with Crippen LogP contribution in [0.2, 0.25) is 0 Å². The fraction of sp³-hybridized carbons (Fsp3) is 0.200. The van der Waals surface area contributed by atoms with E-state index < -0.39 is 34.5 Å². The van der Waals surface area contributed by atoms with Gasteiger partial charge in [0.15, 0.2) is 10.8 Å². The summed E-state index contributed by atoms with van der Waals surface area (Å²) in [7, 11) is 0. The zero-order chi connectivity index (χ0) is 23.5. The molecule has 3 amide bonds. The molecule has 2 aromatic rings. The second kappa shape index (κ2) is 9.32. The summed E-state index contributed by atoms with van der Waals surface area (Å²) in [6.45, 7) is 1.00. The van der Waals surface area contributed by atoms with Crippen LogP contribution in [0.15, 0.2) is 58.6 Å². The van der Waals surface area contributed by atoms with Crippen LogP contribution in [0.4, 0.5) is 13.6 Å². The SMILES string of the molecule is CC(O)C(=O)N1N=C(c2cc(F)ccc2F)SC1(CN=C(N)NC(N)=O)c1ccccc1. The van der Waals surface area contributed by atoms with Crippen LogP contribution in [-0.2, 0) is 9.67 Å². The lowest BCUT2D eigenvalue weighted by atomic mass is 10.1. The molecular weight excluding hydrogens is 442 g/mol. The molecule has 0 aliphatic carbocycles. The zero-order valence-electron chi connectivity index (χ0n) is 16.8. The van der Waals surface area contributed by atoms with Crippen molar-refractivity contribution in [2.45, 2.75) is 17.9 Å². The van der Waals surface area contributed by atoms with Crippen molar-refractivity contribution in [2.24, 2.45) is 21.6 Å². The number of nitrogens with two attached hydrogens (primary N) is 2. The monoisotopic (exact) mass is 462 g/mol. The van der Waals surface area contributed by atoms with Crippen molar-refractivity contribution in [3.05, 3.63) is 71.3 Å². The van der Waals surface area contributed by atoms with Gasteiger partial charge in [0.25, 0.3) is 5.91 Å². The van der Waals surface area contributed by atoms with Crippen molar-refractivity contribution in [1.29, 1.82) is 0 Å². The average Bonchev–Trinajstić information content (AvgIpc) is 3.14. The molecule has 12 heteroatoms. The Bertz CT molecular complexity index is 1100. The molecule has 1 aliphatic rings. The largest absolute Gasteiger partial charge is 0.383 e. The lowest BCUT2D eigenvalue weighted by Gasteiger charge is -2.35. The van der Waals surface area contributed by atoms with Gasteiger partial charge in [0, 0.05) is 5.56 Å². The van der Waals surface area contributed by atoms with Crippen molar-refractivity contribution in [3.63, 3.8) is 0 Å². The Morgan fingerprint density at radius 2 is 1.94 bits per heavy atom. The normalized spacial score (nSPS) is 19.4. The van der Waals surface area contributed by atoms with Crippen LogP contribution >= 0.6 is 11.8 Å². The fourth-order valence-corrected chi connectivity index (χ4v) is 4.31. The first-order valence-corrected chi connectivity index (χ1v) is 10.1. The molecule has 0 radical (unpaired) electrons. The Morgan fingerprint density at radius 1 is 1.25 bits per heavy atom. The van der Waals surface area contributed by atoms with E-state index in [4.69, 9.17) is 11.5 Å². The fourth-order valence-electron chi connectivity index (χ4n) is 3.00. The van der Waals surface area contributed by atoms with Gasteiger partial charge in [-0.25, -0.2) is 23.6 Å². The van der Waals surface area contributed by atoms with E-state index in [1.165, 1.54) is 6.92 Å². The van der Waals surface area contributed by atoms with Gasteiger partial charge in [0.2, 0.25) is 0 Å². The van der Waals surface area contributed by atoms with Crippen LogP contribution in [0.3, 0.4) is 0 Å². The summed E-state index contributed by atoms with van der Waals surface area (Å²) in [5.41, 5.74) is 11.1. The van der Waals surface area contributed by atoms with E-state index in [9.17, 15) is 23.5 Å². The van der Waals surface area contributed by atoms with Gasteiger partial charge >= 0.3 is 6.03 Å². The number of aliphatic hydroxyl groups is 1. The number of primary amides is 1. The minimum Gasteiger partial charge on any atom is -0.383 e. The third-order valence-corrected chi connectivity index (χ3v) is 5.83. The van der Waals surface area contributed by atoms with Crippen molar-refractivity contribution in [2.75, 3.05) is 6.54 Å². The smallest absolute Gasteiger partial charge is 0.318 e. The molecule has 0 saturated carbocycles. The highest BCUT2D eigenvalue weighted by atomic mass is 32.2. The van der Waals surface area contributed by atoms with E-state index in [-0.39, 0.29) is 23.1 Å². The summed E-state index contributed by atoms with van der Waals surface area (Å²) in [4.78, 5) is 26.7. The van der Waals surface area contributed by atoms with E-state index in [0.29, 0.717) is 5.56 Å². The van der Waals surface area contributed by atoms with Crippen LogP contribution in [0.5, 0.6) is 0 Å². The number of rotatable bonds is 5. The van der Waals surface area contributed by atoms with Crippen molar-refractivity contribution >= 4 is 34.7 Å². The van der Waals surface area contributed by atoms with Gasteiger partial charge in [-0.3, -0.25) is 10.1 Å². The highest BCUT2D eigenvalue weighted by Gasteiger charge is 2.50. The van der Waals surface area contributed by atoms with Crippen LogP contribution in [-0.4, -0.2) is 45.7 Å². The van der Waals surface area contributed by atoms with Gasteiger partial charge in [-0.15, -0.1) is 0 Å². The summed E-state index contributed by atoms with van der Waals surface area (Å²) in [6, 6.07) is 10.5. The molecular formula is C20H20F2N6O3S. The number of carbonyl (C=O) groups is 2. The highest BCUT2D eigenvalue weighted by molar-refractivity contribution is 8.15. The topological polar surface area (TPSA) is 146 Å². The number of carbonyl (C=O) groups excluding carboxylic acids is 2. The number of nitrogens with one attached hydrogen (secondary N) is 1. The van der Waals surface area contributed by atoms with E-state index in [2.05, 4.69) is 15.4 Å². The molecule has 1 aliphatic heterocycles. The number of aliphatic hydroxyl groups excluding tert-OH is 1. The number of aliphatic imine (C=N–C) groups is 1. The molecule has 6 N–H and O–H groups in total. The number of guanidine groups is 1. The maximum Gasteiger partial charge on any atom is 0.318 e. The Balaban J connectivity index is 2.16. The predicted molar refractivity (Wildman–Crippen MR) is 116 cm³/mol. The quantitative estimate of drug-likeness (QED) is 0.392. The van der Waals surface area contributed by atoms with Gasteiger partial charge in [-0.05, 0) is 30.7 Å². The van der Waals surface area contributed by atoms with Gasteiger partial charge < -0.3 is 16.6 Å². The lowest BCUT2D eigenvalue weighted by molar-refractivity contribution is -0.142. The Hall–Kier alpha value is -3.51. The molecule has 32 heavy (non-hydrogen) atoms. The van der Waals surface area contributed by atoms with Crippen LogP contribution < -0.4 is 16.8 Å². The number of hydrogen-bond acceptors (Lipinski definition) is 6. The maximum absolute atomic E-state index is 14.5. The number of urea groups is 1. The summed E-state index contributed by atoms with van der Waals surface area (Å²) < 4.78 is 28.3. The Labute approximate surface area is 186 Å². The second-order valence-corrected chi connectivity index (χ2v) is 8.06. The summed E-state index contributed by atoms with van der Waals surface area (Å²) >= 11 is 0.933. The van der Waals surface area contributed by atoms with Gasteiger partial charge in [0.1, 0.15) is 22.8 Å². The number of hydrogen-bond donors (Lipinski definition) is 4. The summed E-state index contributed by atoms with van der Waals surface area (Å²) in [5.74, 6) is -2.55. The lowest BCUT2D eigenvalue weighted by Crippen LogP contribution is -2.48. The van der Waals surface area contributed by atoms with Crippen LogP contribution in [0, 0.1) is 11.6 Å². The molecule has 0 fully saturated rings. The molecule has 3 rings (SSSR count). The van der Waals surface area contributed by atoms with Crippen LogP contribution in [0.1, 0.15) is 18.1 Å². The highest BCUT2D eigenvalue weighted by Crippen LogP contribution is 2.48. The van der Waals surface area contributed by atoms with Crippen LogP contribution in [0.25, 0.3) is 0 Å². The van der Waals surface area contributed by atoms with Crippen molar-refractivity contribution < 1.29 is 23.5 Å². The van der Waals surface area contributed by atoms with E-state index in [1.807, 2.05) is 0 Å². The first-order chi connectivity index (χ1) is 15.1. The number of thioether (sulfide) groups is 1. The van der Waals surface area contributed by atoms with E-state index in [1.54, 1.807) is 30.3 Å². The maximum atomic E-state index is 14.5. The van der Waals surface area contributed by atoms with Gasteiger partial charge in [-0.2, -0.15) is 5.10 Å². The molecule has 0 aromatic heterocycles. The number of halogens is 2. The number of hydrazone groups is 1. The van der Waals surface area contributed by atoms with E-state index in [0.717, 1.165) is 35.0 Å². The van der Waals surface area contributed by atoms with Gasteiger partial charge in [-0.1, -0.05) is 42.1 Å². The molecule has 2 atom stereocenters. The molecule has 9 nitrogen and oxygen atoms in total. The molecule has 1 heterocycles. The second-order valence-electron chi connectivity index (χ2n) is 6.80. The zero-order valence-corrected chi connectivity index (χ0v) is 17.6. The Kier molecular flexibility index (Phi) is 6.75. The standard InChI is InChI=1S/C20H20F2N6O3S/c1-11(29)17(30)28-20(12-5-3-2-4-6-12,10-25-18(23)26-19(24)31)32-16(27-28)14-9-13(21)7-8-15(14)22/h2-9,11,29H,10H2,1H3,(H5,23,24,25,26,31). The molecule has 0 bridgehead atoms. The number of nitrogens with zero attached hydrogens (tertiary/aromatic N) is 3. The third kappa shape index (κ3) is 4.70. The molecule has 0 saturated heterocycles. The molecule has 0 spiro atoms. The van der Waals surface area contributed by atoms with Crippen molar-refractivity contribution in [1.82, 2.24) is 10.3 Å². The summed E-state index contributed by atoms with van der Waals surface area (Å²) in [5, 5.41) is 17.3. The molecule has 2 aromatic carbocycles. The van der Waals surface area contributed by atoms with E-state index >= 15 is 0 Å². The molecule has 168 valence electrons. The minimum atomic E-state index is -1.45. The average molecular weight is 462 g/mol. The number of amides is 3. The minimum absolute atomic E-state index is 0.00325. The number of benzene rings is 2.